The van der Waals surface area contributed by atoms with Gasteiger partial charge in [0.2, 0.25) is 0 Å². The standard InChI is InChI=1S/C16H17FN4O3/c17-11-3-8-12(4-13(11)19-5-9-10(6-19)14(9)18)20(7-1-2-7)16(23)21(24)15(8)22/h3-4,7,9-10,14,24H,1-2,5-6,18H2. The van der Waals surface area contributed by atoms with Crippen LogP contribution in [0.2, 0.25) is 0 Å². The summed E-state index contributed by atoms with van der Waals surface area (Å²) in [7, 11) is 0. The van der Waals surface area contributed by atoms with Crippen LogP contribution in [0.4, 0.5) is 10.1 Å². The molecular formula is C16H17FN4O3. The van der Waals surface area contributed by atoms with Crippen LogP contribution in [0.3, 0.4) is 0 Å². The van der Waals surface area contributed by atoms with Crippen LogP contribution in [0, 0.1) is 17.7 Å². The Hall–Kier alpha value is -2.35. The van der Waals surface area contributed by atoms with Gasteiger partial charge in [0.15, 0.2) is 0 Å². The molecule has 1 aromatic carbocycles. The highest BCUT2D eigenvalue weighted by Crippen LogP contribution is 2.46. The van der Waals surface area contributed by atoms with Crippen molar-refractivity contribution in [2.75, 3.05) is 18.0 Å². The van der Waals surface area contributed by atoms with Gasteiger partial charge in [-0.3, -0.25) is 9.36 Å². The first-order chi connectivity index (χ1) is 11.5. The van der Waals surface area contributed by atoms with Gasteiger partial charge in [-0.2, -0.15) is 0 Å². The van der Waals surface area contributed by atoms with Crippen LogP contribution in [-0.2, 0) is 0 Å². The molecule has 24 heavy (non-hydrogen) atoms. The van der Waals surface area contributed by atoms with Crippen LogP contribution in [0.5, 0.6) is 0 Å². The molecule has 3 aliphatic rings. The number of piperidine rings is 1. The SMILES string of the molecule is NC1C2CN(c3cc4c(cc3F)c(=O)n(O)c(=O)n4C3CC3)CC12. The third-order valence-electron chi connectivity index (χ3n) is 5.65. The monoisotopic (exact) mass is 332 g/mol. The maximum Gasteiger partial charge on any atom is 0.365 e. The largest absolute Gasteiger partial charge is 0.421 e. The quantitative estimate of drug-likeness (QED) is 0.770. The molecule has 1 aromatic heterocycles. The minimum Gasteiger partial charge on any atom is -0.421 e. The topological polar surface area (TPSA) is 93.5 Å². The lowest BCUT2D eigenvalue weighted by Crippen LogP contribution is -2.38. The number of benzene rings is 1. The molecule has 126 valence electrons. The maximum atomic E-state index is 14.6. The fraction of sp³-hybridized carbons (Fsp3) is 0.500. The summed E-state index contributed by atoms with van der Waals surface area (Å²) in [6.07, 6.45) is 1.62. The summed E-state index contributed by atoms with van der Waals surface area (Å²) in [5.74, 6) is 0.280. The van der Waals surface area contributed by atoms with E-state index in [9.17, 15) is 19.2 Å². The van der Waals surface area contributed by atoms with Crippen LogP contribution >= 0.6 is 0 Å². The molecule has 2 atom stereocenters. The molecule has 3 fully saturated rings. The normalized spacial score (nSPS) is 28.4. The summed E-state index contributed by atoms with van der Waals surface area (Å²) in [5, 5.41) is 9.75. The molecule has 2 aromatic rings. The summed E-state index contributed by atoms with van der Waals surface area (Å²) >= 11 is 0. The Morgan fingerprint density at radius 2 is 1.83 bits per heavy atom. The zero-order valence-corrected chi connectivity index (χ0v) is 12.9. The molecule has 8 heteroatoms. The van der Waals surface area contributed by atoms with E-state index in [0.717, 1.165) is 18.9 Å². The van der Waals surface area contributed by atoms with Gasteiger partial charge in [0, 0.05) is 25.2 Å². The minimum absolute atomic E-state index is 0.0197. The third-order valence-corrected chi connectivity index (χ3v) is 5.65. The van der Waals surface area contributed by atoms with Gasteiger partial charge in [-0.1, -0.05) is 4.73 Å². The number of hydrogen-bond donors (Lipinski definition) is 2. The van der Waals surface area contributed by atoms with Crippen molar-refractivity contribution in [3.8, 4) is 0 Å². The van der Waals surface area contributed by atoms with Crippen LogP contribution < -0.4 is 21.9 Å². The van der Waals surface area contributed by atoms with E-state index in [2.05, 4.69) is 0 Å². The number of halogens is 1. The first-order valence-corrected chi connectivity index (χ1v) is 8.18. The van der Waals surface area contributed by atoms with E-state index in [1.807, 2.05) is 4.90 Å². The summed E-state index contributed by atoms with van der Waals surface area (Å²) < 4.78 is 16.1. The van der Waals surface area contributed by atoms with E-state index in [1.165, 1.54) is 4.57 Å². The molecule has 3 N–H and O–H groups in total. The highest BCUT2D eigenvalue weighted by Gasteiger charge is 2.54. The van der Waals surface area contributed by atoms with E-state index >= 15 is 0 Å². The van der Waals surface area contributed by atoms with Gasteiger partial charge in [0.1, 0.15) is 5.82 Å². The van der Waals surface area contributed by atoms with Crippen LogP contribution in [0.25, 0.3) is 10.9 Å². The lowest BCUT2D eigenvalue weighted by atomic mass is 10.2. The lowest BCUT2D eigenvalue weighted by Gasteiger charge is -2.23. The zero-order chi connectivity index (χ0) is 16.7. The highest BCUT2D eigenvalue weighted by molar-refractivity contribution is 5.83. The number of hydrogen-bond acceptors (Lipinski definition) is 5. The predicted octanol–water partition coefficient (Wildman–Crippen LogP) is 0.268. The highest BCUT2D eigenvalue weighted by atomic mass is 19.1. The summed E-state index contributed by atoms with van der Waals surface area (Å²) in [5.41, 5.74) is 5.06. The second kappa shape index (κ2) is 4.38. The van der Waals surface area contributed by atoms with Gasteiger partial charge in [-0.15, -0.1) is 0 Å². The Kier molecular flexibility index (Phi) is 2.56. The number of nitrogens with zero attached hydrogens (tertiary/aromatic N) is 3. The average Bonchev–Trinajstić information content (AvgIpc) is 3.44. The van der Waals surface area contributed by atoms with Crippen molar-refractivity contribution in [2.24, 2.45) is 17.6 Å². The first kappa shape index (κ1) is 14.0. The van der Waals surface area contributed by atoms with Gasteiger partial charge in [0.05, 0.1) is 16.6 Å². The minimum atomic E-state index is -0.886. The maximum absolute atomic E-state index is 14.6. The second-order valence-electron chi connectivity index (χ2n) is 7.13. The average molecular weight is 332 g/mol. The van der Waals surface area contributed by atoms with Gasteiger partial charge in [-0.05, 0) is 36.8 Å². The van der Waals surface area contributed by atoms with Gasteiger partial charge in [0.25, 0.3) is 5.56 Å². The van der Waals surface area contributed by atoms with E-state index in [0.29, 0.717) is 36.1 Å². The predicted molar refractivity (Wildman–Crippen MR) is 85.0 cm³/mol. The van der Waals surface area contributed by atoms with Crippen molar-refractivity contribution in [3.63, 3.8) is 0 Å². The smallest absolute Gasteiger partial charge is 0.365 e. The lowest BCUT2D eigenvalue weighted by molar-refractivity contribution is 0.157. The molecule has 7 nitrogen and oxygen atoms in total. The van der Waals surface area contributed by atoms with Gasteiger partial charge >= 0.3 is 5.69 Å². The molecule has 2 saturated carbocycles. The number of rotatable bonds is 2. The molecule has 2 heterocycles. The Morgan fingerprint density at radius 3 is 2.46 bits per heavy atom. The Morgan fingerprint density at radius 1 is 1.17 bits per heavy atom. The molecule has 1 aliphatic heterocycles. The molecule has 0 radical (unpaired) electrons. The Labute approximate surface area is 135 Å². The molecule has 0 bridgehead atoms. The van der Waals surface area contributed by atoms with Crippen LogP contribution in [-0.4, -0.2) is 33.6 Å². The number of nitrogens with two attached hydrogens (primary N) is 1. The Balaban J connectivity index is 1.72. The second-order valence-corrected chi connectivity index (χ2v) is 7.13. The summed E-state index contributed by atoms with van der Waals surface area (Å²) in [6, 6.07) is 2.86. The van der Waals surface area contributed by atoms with Gasteiger partial charge in [-0.25, -0.2) is 9.18 Å². The Bertz CT molecular complexity index is 981. The van der Waals surface area contributed by atoms with Crippen molar-refractivity contribution in [2.45, 2.75) is 24.9 Å². The zero-order valence-electron chi connectivity index (χ0n) is 12.9. The van der Waals surface area contributed by atoms with E-state index in [1.54, 1.807) is 6.07 Å². The first-order valence-electron chi connectivity index (χ1n) is 8.18. The number of aromatic nitrogens is 2. The van der Waals surface area contributed by atoms with E-state index in [-0.39, 0.29) is 22.2 Å². The molecular weight excluding hydrogens is 315 g/mol. The van der Waals surface area contributed by atoms with Crippen molar-refractivity contribution < 1.29 is 9.60 Å². The molecule has 2 aliphatic carbocycles. The van der Waals surface area contributed by atoms with Crippen molar-refractivity contribution in [3.05, 3.63) is 38.8 Å². The fourth-order valence-electron chi connectivity index (χ4n) is 4.02. The van der Waals surface area contributed by atoms with Crippen LogP contribution in [0.15, 0.2) is 21.7 Å². The van der Waals surface area contributed by atoms with Crippen molar-refractivity contribution in [1.82, 2.24) is 9.30 Å². The fourth-order valence-corrected chi connectivity index (χ4v) is 4.02. The molecule has 5 rings (SSSR count). The molecule has 0 amide bonds. The van der Waals surface area contributed by atoms with Gasteiger partial charge < -0.3 is 15.8 Å². The van der Waals surface area contributed by atoms with E-state index in [4.69, 9.17) is 5.73 Å². The summed E-state index contributed by atoms with van der Waals surface area (Å²) in [6.45, 7) is 1.39. The third kappa shape index (κ3) is 1.74. The van der Waals surface area contributed by atoms with E-state index < -0.39 is 17.1 Å². The van der Waals surface area contributed by atoms with Crippen molar-refractivity contribution in [1.29, 1.82) is 0 Å². The number of fused-ring (bicyclic) bond motifs is 2. The summed E-state index contributed by atoms with van der Waals surface area (Å²) in [4.78, 5) is 26.3. The van der Waals surface area contributed by atoms with Crippen molar-refractivity contribution >= 4 is 16.6 Å². The molecule has 0 spiro atoms. The molecule has 1 saturated heterocycles. The molecule has 2 unspecified atom stereocenters. The number of anilines is 1. The van der Waals surface area contributed by atoms with Crippen LogP contribution in [0.1, 0.15) is 18.9 Å².